The maximum Gasteiger partial charge on any atom is 0.360 e. The monoisotopic (exact) mass is 238 g/mol. The number of hydrogen-bond acceptors (Lipinski definition) is 4. The summed E-state index contributed by atoms with van der Waals surface area (Å²) in [6.45, 7) is 1.88. The highest BCUT2D eigenvalue weighted by atomic mass is 19.1. The first-order valence-electron chi connectivity index (χ1n) is 5.91. The molecule has 1 saturated carbocycles. The van der Waals surface area contributed by atoms with Crippen LogP contribution in [0.25, 0.3) is 0 Å². The molecule has 17 heavy (non-hydrogen) atoms. The van der Waals surface area contributed by atoms with Crippen molar-refractivity contribution in [3.8, 4) is 0 Å². The number of hydrogen-bond donors (Lipinski definition) is 0. The molecule has 1 aromatic heterocycles. The number of carbonyl (C=O) groups excluding carboxylic acids is 1. The SMILES string of the molecule is CCOC(=O)c1ncnc(C2CCCC2)c1F. The van der Waals surface area contributed by atoms with Gasteiger partial charge in [-0.3, -0.25) is 0 Å². The lowest BCUT2D eigenvalue weighted by Gasteiger charge is -2.10. The molecule has 0 unspecified atom stereocenters. The lowest BCUT2D eigenvalue weighted by molar-refractivity contribution is 0.0512. The number of ether oxygens (including phenoxy) is 1. The van der Waals surface area contributed by atoms with Gasteiger partial charge >= 0.3 is 5.97 Å². The smallest absolute Gasteiger partial charge is 0.360 e. The Morgan fingerprint density at radius 2 is 2.18 bits per heavy atom. The molecule has 0 radical (unpaired) electrons. The molecule has 0 saturated heterocycles. The van der Waals surface area contributed by atoms with Gasteiger partial charge in [0, 0.05) is 5.92 Å². The summed E-state index contributed by atoms with van der Waals surface area (Å²) < 4.78 is 18.8. The second-order valence-electron chi connectivity index (χ2n) is 4.12. The van der Waals surface area contributed by atoms with Crippen LogP contribution in [0.15, 0.2) is 6.33 Å². The molecule has 2 rings (SSSR count). The van der Waals surface area contributed by atoms with Gasteiger partial charge in [-0.1, -0.05) is 12.8 Å². The van der Waals surface area contributed by atoms with Gasteiger partial charge < -0.3 is 4.74 Å². The minimum atomic E-state index is -0.716. The summed E-state index contributed by atoms with van der Waals surface area (Å²) in [5.74, 6) is -1.21. The number of rotatable bonds is 3. The van der Waals surface area contributed by atoms with E-state index in [4.69, 9.17) is 4.74 Å². The van der Waals surface area contributed by atoms with Gasteiger partial charge in [-0.25, -0.2) is 19.2 Å². The van der Waals surface area contributed by atoms with E-state index < -0.39 is 11.8 Å². The molecule has 4 nitrogen and oxygen atoms in total. The molecule has 0 aliphatic heterocycles. The zero-order valence-corrected chi connectivity index (χ0v) is 9.78. The Bertz CT molecular complexity index is 417. The van der Waals surface area contributed by atoms with Crippen LogP contribution in [0.5, 0.6) is 0 Å². The second-order valence-corrected chi connectivity index (χ2v) is 4.12. The molecule has 1 aliphatic rings. The van der Waals surface area contributed by atoms with Gasteiger partial charge in [0.1, 0.15) is 6.33 Å². The summed E-state index contributed by atoms with van der Waals surface area (Å²) >= 11 is 0. The average molecular weight is 238 g/mol. The maximum atomic E-state index is 14.1. The molecule has 0 amide bonds. The third kappa shape index (κ3) is 2.43. The first kappa shape index (κ1) is 12.0. The molecule has 1 heterocycles. The fourth-order valence-corrected chi connectivity index (χ4v) is 2.21. The molecule has 0 bridgehead atoms. The van der Waals surface area contributed by atoms with Crippen LogP contribution in [0.1, 0.15) is 54.7 Å². The predicted molar refractivity (Wildman–Crippen MR) is 59.2 cm³/mol. The Hall–Kier alpha value is -1.52. The lowest BCUT2D eigenvalue weighted by atomic mass is 10.0. The Morgan fingerprint density at radius 3 is 2.82 bits per heavy atom. The van der Waals surface area contributed by atoms with E-state index >= 15 is 0 Å². The minimum absolute atomic E-state index is 0.117. The largest absolute Gasteiger partial charge is 0.461 e. The van der Waals surface area contributed by atoms with Crippen molar-refractivity contribution < 1.29 is 13.9 Å². The summed E-state index contributed by atoms with van der Waals surface area (Å²) in [6.07, 6.45) is 5.26. The summed E-state index contributed by atoms with van der Waals surface area (Å²) in [4.78, 5) is 19.1. The van der Waals surface area contributed by atoms with Crippen LogP contribution < -0.4 is 0 Å². The predicted octanol–water partition coefficient (Wildman–Crippen LogP) is 2.45. The zero-order valence-electron chi connectivity index (χ0n) is 9.78. The summed E-state index contributed by atoms with van der Waals surface area (Å²) in [5.41, 5.74) is 0.115. The first-order valence-corrected chi connectivity index (χ1v) is 5.91. The van der Waals surface area contributed by atoms with E-state index in [1.807, 2.05) is 0 Å². The van der Waals surface area contributed by atoms with Crippen molar-refractivity contribution in [2.24, 2.45) is 0 Å². The number of nitrogens with zero attached hydrogens (tertiary/aromatic N) is 2. The molecular formula is C12H15FN2O2. The minimum Gasteiger partial charge on any atom is -0.461 e. The van der Waals surface area contributed by atoms with E-state index in [1.54, 1.807) is 6.92 Å². The highest BCUT2D eigenvalue weighted by molar-refractivity contribution is 5.87. The normalized spacial score (nSPS) is 16.1. The van der Waals surface area contributed by atoms with Gasteiger partial charge in [-0.05, 0) is 19.8 Å². The third-order valence-corrected chi connectivity index (χ3v) is 3.03. The molecule has 0 N–H and O–H groups in total. The lowest BCUT2D eigenvalue weighted by Crippen LogP contribution is -2.13. The van der Waals surface area contributed by atoms with Crippen LogP contribution in [0.2, 0.25) is 0 Å². The van der Waals surface area contributed by atoms with Crippen molar-refractivity contribution in [3.05, 3.63) is 23.5 Å². The highest BCUT2D eigenvalue weighted by Crippen LogP contribution is 2.34. The summed E-state index contributed by atoms with van der Waals surface area (Å²) in [7, 11) is 0. The standard InChI is InChI=1S/C12H15FN2O2/c1-2-17-12(16)11-9(13)10(14-7-15-11)8-5-3-4-6-8/h7-8H,2-6H2,1H3. The van der Waals surface area contributed by atoms with Crippen LogP contribution in [-0.4, -0.2) is 22.5 Å². The molecule has 0 aromatic carbocycles. The van der Waals surface area contributed by atoms with Crippen LogP contribution in [0, 0.1) is 5.82 Å². The quantitative estimate of drug-likeness (QED) is 0.759. The molecule has 92 valence electrons. The van der Waals surface area contributed by atoms with Crippen molar-refractivity contribution in [2.75, 3.05) is 6.61 Å². The molecular weight excluding hydrogens is 223 g/mol. The molecule has 1 aliphatic carbocycles. The third-order valence-electron chi connectivity index (χ3n) is 3.03. The summed E-state index contributed by atoms with van der Waals surface area (Å²) in [6, 6.07) is 0. The van der Waals surface area contributed by atoms with Gasteiger partial charge in [0.2, 0.25) is 0 Å². The second kappa shape index (κ2) is 5.21. The van der Waals surface area contributed by atoms with Gasteiger partial charge in [0.05, 0.1) is 12.3 Å². The van der Waals surface area contributed by atoms with E-state index in [-0.39, 0.29) is 18.2 Å². The molecule has 0 atom stereocenters. The van der Waals surface area contributed by atoms with E-state index in [1.165, 1.54) is 6.33 Å². The fourth-order valence-electron chi connectivity index (χ4n) is 2.21. The van der Waals surface area contributed by atoms with Crippen molar-refractivity contribution in [2.45, 2.75) is 38.5 Å². The van der Waals surface area contributed by atoms with E-state index in [0.717, 1.165) is 25.7 Å². The Kier molecular flexibility index (Phi) is 3.66. The van der Waals surface area contributed by atoms with E-state index in [0.29, 0.717) is 5.69 Å². The number of carbonyl (C=O) groups is 1. The van der Waals surface area contributed by atoms with Gasteiger partial charge in [-0.2, -0.15) is 0 Å². The number of halogens is 1. The first-order chi connectivity index (χ1) is 8.24. The fraction of sp³-hybridized carbons (Fsp3) is 0.583. The van der Waals surface area contributed by atoms with Gasteiger partial charge in [0.25, 0.3) is 0 Å². The van der Waals surface area contributed by atoms with Crippen molar-refractivity contribution >= 4 is 5.97 Å². The van der Waals surface area contributed by atoms with E-state index in [2.05, 4.69) is 9.97 Å². The van der Waals surface area contributed by atoms with Crippen LogP contribution in [0.3, 0.4) is 0 Å². The van der Waals surface area contributed by atoms with Crippen molar-refractivity contribution in [1.29, 1.82) is 0 Å². The average Bonchev–Trinajstić information content (AvgIpc) is 2.83. The van der Waals surface area contributed by atoms with Crippen LogP contribution in [0.4, 0.5) is 4.39 Å². The van der Waals surface area contributed by atoms with Gasteiger partial charge in [0.15, 0.2) is 11.5 Å². The Balaban J connectivity index is 2.29. The topological polar surface area (TPSA) is 52.1 Å². The molecule has 1 fully saturated rings. The Labute approximate surface area is 99.2 Å². The number of aromatic nitrogens is 2. The molecule has 0 spiro atoms. The zero-order chi connectivity index (χ0) is 12.3. The van der Waals surface area contributed by atoms with Crippen molar-refractivity contribution in [1.82, 2.24) is 9.97 Å². The maximum absolute atomic E-state index is 14.1. The summed E-state index contributed by atoms with van der Waals surface area (Å²) in [5, 5.41) is 0. The van der Waals surface area contributed by atoms with E-state index in [9.17, 15) is 9.18 Å². The van der Waals surface area contributed by atoms with Crippen LogP contribution in [-0.2, 0) is 4.74 Å². The Morgan fingerprint density at radius 1 is 1.47 bits per heavy atom. The molecule has 1 aromatic rings. The van der Waals surface area contributed by atoms with Crippen LogP contribution >= 0.6 is 0 Å². The highest BCUT2D eigenvalue weighted by Gasteiger charge is 2.26. The molecule has 5 heteroatoms. The van der Waals surface area contributed by atoms with Gasteiger partial charge in [-0.15, -0.1) is 0 Å². The number of esters is 1. The van der Waals surface area contributed by atoms with Crippen molar-refractivity contribution in [3.63, 3.8) is 0 Å².